The van der Waals surface area contributed by atoms with Gasteiger partial charge >= 0.3 is 0 Å². The largest absolute Gasteiger partial charge is 0.436 e. The number of nitrogens with zero attached hydrogens (tertiary/aromatic N) is 1. The SMILES string of the molecule is Cc1ccc2oc(-c3cc(Cl)cc(Cl)c3Br)nc2c1. The Morgan fingerprint density at radius 1 is 1.16 bits per heavy atom. The van der Waals surface area contributed by atoms with Gasteiger partial charge in [-0.2, -0.15) is 0 Å². The molecule has 19 heavy (non-hydrogen) atoms. The number of hydrogen-bond donors (Lipinski definition) is 0. The van der Waals surface area contributed by atoms with Crippen LogP contribution >= 0.6 is 39.1 Å². The van der Waals surface area contributed by atoms with Crippen LogP contribution in [0.5, 0.6) is 0 Å². The number of benzene rings is 2. The van der Waals surface area contributed by atoms with Gasteiger partial charge < -0.3 is 4.42 Å². The number of hydrogen-bond acceptors (Lipinski definition) is 2. The van der Waals surface area contributed by atoms with Crippen molar-refractivity contribution < 1.29 is 4.42 Å². The molecule has 0 saturated heterocycles. The van der Waals surface area contributed by atoms with E-state index in [0.29, 0.717) is 15.9 Å². The van der Waals surface area contributed by atoms with Crippen molar-refractivity contribution in [1.82, 2.24) is 4.98 Å². The van der Waals surface area contributed by atoms with Gasteiger partial charge in [0.1, 0.15) is 5.52 Å². The first-order valence-corrected chi connectivity index (χ1v) is 7.11. The molecule has 2 nitrogen and oxygen atoms in total. The minimum absolute atomic E-state index is 0.497. The van der Waals surface area contributed by atoms with Crippen LogP contribution in [0, 0.1) is 6.92 Å². The highest BCUT2D eigenvalue weighted by atomic mass is 79.9. The molecule has 0 radical (unpaired) electrons. The Bertz CT molecular complexity index is 782. The highest BCUT2D eigenvalue weighted by Gasteiger charge is 2.14. The van der Waals surface area contributed by atoms with E-state index in [1.807, 2.05) is 25.1 Å². The molecule has 3 rings (SSSR count). The lowest BCUT2D eigenvalue weighted by atomic mass is 10.2. The molecule has 5 heteroatoms. The van der Waals surface area contributed by atoms with E-state index in [4.69, 9.17) is 27.6 Å². The van der Waals surface area contributed by atoms with Crippen molar-refractivity contribution in [2.45, 2.75) is 6.92 Å². The summed E-state index contributed by atoms with van der Waals surface area (Å²) < 4.78 is 6.47. The Kier molecular flexibility index (Phi) is 3.29. The molecule has 1 aromatic heterocycles. The van der Waals surface area contributed by atoms with Crippen LogP contribution in [0.25, 0.3) is 22.6 Å². The van der Waals surface area contributed by atoms with Crippen molar-refractivity contribution >= 4 is 50.2 Å². The Labute approximate surface area is 128 Å². The smallest absolute Gasteiger partial charge is 0.228 e. The normalized spacial score (nSPS) is 11.2. The lowest BCUT2D eigenvalue weighted by Crippen LogP contribution is -1.81. The monoisotopic (exact) mass is 355 g/mol. The minimum Gasteiger partial charge on any atom is -0.436 e. The molecule has 0 aliphatic carbocycles. The predicted octanol–water partition coefficient (Wildman–Crippen LogP) is 5.87. The summed E-state index contributed by atoms with van der Waals surface area (Å²) in [5.74, 6) is 0.497. The van der Waals surface area contributed by atoms with Crippen LogP contribution in [0.1, 0.15) is 5.56 Å². The van der Waals surface area contributed by atoms with E-state index < -0.39 is 0 Å². The lowest BCUT2D eigenvalue weighted by molar-refractivity contribution is 0.619. The number of aryl methyl sites for hydroxylation is 1. The summed E-state index contributed by atoms with van der Waals surface area (Å²) in [6.07, 6.45) is 0. The topological polar surface area (TPSA) is 26.0 Å². The summed E-state index contributed by atoms with van der Waals surface area (Å²) in [4.78, 5) is 4.47. The maximum atomic E-state index is 6.09. The summed E-state index contributed by atoms with van der Waals surface area (Å²) >= 11 is 15.5. The average molecular weight is 357 g/mol. The van der Waals surface area contributed by atoms with Crippen molar-refractivity contribution in [3.63, 3.8) is 0 Å². The molecule has 0 N–H and O–H groups in total. The van der Waals surface area contributed by atoms with E-state index in [2.05, 4.69) is 20.9 Å². The molecule has 0 fully saturated rings. The Hall–Kier alpha value is -1.03. The average Bonchev–Trinajstić information content (AvgIpc) is 2.76. The van der Waals surface area contributed by atoms with Crippen LogP contribution in [-0.4, -0.2) is 4.98 Å². The predicted molar refractivity (Wildman–Crippen MR) is 81.9 cm³/mol. The third-order valence-corrected chi connectivity index (χ3v) is 4.37. The highest BCUT2D eigenvalue weighted by Crippen LogP contribution is 2.37. The Balaban J connectivity index is 2.24. The molecule has 1 heterocycles. The van der Waals surface area contributed by atoms with Crippen LogP contribution in [0.3, 0.4) is 0 Å². The Morgan fingerprint density at radius 3 is 2.74 bits per heavy atom. The van der Waals surface area contributed by atoms with Crippen LogP contribution in [0.2, 0.25) is 10.0 Å². The van der Waals surface area contributed by atoms with E-state index in [1.165, 1.54) is 0 Å². The Morgan fingerprint density at radius 2 is 1.95 bits per heavy atom. The van der Waals surface area contributed by atoms with Crippen molar-refractivity contribution in [3.8, 4) is 11.5 Å². The molecule has 0 aliphatic rings. The maximum Gasteiger partial charge on any atom is 0.228 e. The van der Waals surface area contributed by atoms with Crippen molar-refractivity contribution in [2.24, 2.45) is 0 Å². The van der Waals surface area contributed by atoms with E-state index >= 15 is 0 Å². The van der Waals surface area contributed by atoms with Gasteiger partial charge in [0.25, 0.3) is 0 Å². The van der Waals surface area contributed by atoms with Crippen LogP contribution in [0.4, 0.5) is 0 Å². The van der Waals surface area contributed by atoms with Gasteiger partial charge in [0, 0.05) is 9.50 Å². The molecule has 0 atom stereocenters. The van der Waals surface area contributed by atoms with Crippen LogP contribution < -0.4 is 0 Å². The highest BCUT2D eigenvalue weighted by molar-refractivity contribution is 9.10. The number of aromatic nitrogens is 1. The number of oxazole rings is 1. The third-order valence-electron chi connectivity index (χ3n) is 2.77. The molecule has 0 spiro atoms. The molecular formula is C14H8BrCl2NO. The van der Waals surface area contributed by atoms with Crippen molar-refractivity contribution in [2.75, 3.05) is 0 Å². The molecule has 96 valence electrons. The second-order valence-electron chi connectivity index (χ2n) is 4.24. The zero-order valence-corrected chi connectivity index (χ0v) is 13.0. The van der Waals surface area contributed by atoms with E-state index in [9.17, 15) is 0 Å². The van der Waals surface area contributed by atoms with Crippen molar-refractivity contribution in [1.29, 1.82) is 0 Å². The summed E-state index contributed by atoms with van der Waals surface area (Å²) in [5, 5.41) is 1.07. The fourth-order valence-corrected chi connectivity index (χ4v) is 2.76. The number of rotatable bonds is 1. The minimum atomic E-state index is 0.497. The van der Waals surface area contributed by atoms with Gasteiger partial charge in [-0.1, -0.05) is 29.3 Å². The van der Waals surface area contributed by atoms with Gasteiger partial charge in [0.05, 0.1) is 10.6 Å². The van der Waals surface area contributed by atoms with Crippen LogP contribution in [-0.2, 0) is 0 Å². The first-order chi connectivity index (χ1) is 9.04. The zero-order chi connectivity index (χ0) is 13.6. The van der Waals surface area contributed by atoms with Crippen molar-refractivity contribution in [3.05, 3.63) is 50.4 Å². The third kappa shape index (κ3) is 2.38. The van der Waals surface area contributed by atoms with E-state index in [1.54, 1.807) is 12.1 Å². The number of halogens is 3. The zero-order valence-electron chi connectivity index (χ0n) is 9.88. The molecule has 0 saturated carbocycles. The maximum absolute atomic E-state index is 6.09. The van der Waals surface area contributed by atoms with E-state index in [0.717, 1.165) is 26.7 Å². The summed E-state index contributed by atoms with van der Waals surface area (Å²) in [6, 6.07) is 9.31. The second kappa shape index (κ2) is 4.82. The standard InChI is InChI=1S/C14H8BrCl2NO/c1-7-2-3-12-11(4-7)18-14(19-12)9-5-8(16)6-10(17)13(9)15/h2-6H,1H3. The van der Waals surface area contributed by atoms with Crippen LogP contribution in [0.15, 0.2) is 39.2 Å². The summed E-state index contributed by atoms with van der Waals surface area (Å²) in [6.45, 7) is 2.01. The van der Waals surface area contributed by atoms with Gasteiger partial charge in [0.2, 0.25) is 5.89 Å². The number of fused-ring (bicyclic) bond motifs is 1. The molecular weight excluding hydrogens is 349 g/mol. The fraction of sp³-hybridized carbons (Fsp3) is 0.0714. The van der Waals surface area contributed by atoms with Gasteiger partial charge in [-0.15, -0.1) is 0 Å². The molecule has 0 unspecified atom stereocenters. The second-order valence-corrected chi connectivity index (χ2v) is 5.88. The van der Waals surface area contributed by atoms with Gasteiger partial charge in [-0.05, 0) is 52.7 Å². The van der Waals surface area contributed by atoms with Gasteiger partial charge in [-0.25, -0.2) is 4.98 Å². The lowest BCUT2D eigenvalue weighted by Gasteiger charge is -2.02. The first-order valence-electron chi connectivity index (χ1n) is 5.57. The van der Waals surface area contributed by atoms with Gasteiger partial charge in [0.15, 0.2) is 5.58 Å². The van der Waals surface area contributed by atoms with Gasteiger partial charge in [-0.3, -0.25) is 0 Å². The summed E-state index contributed by atoms with van der Waals surface area (Å²) in [5.41, 5.74) is 3.43. The molecule has 0 amide bonds. The molecule has 0 bridgehead atoms. The molecule has 0 aliphatic heterocycles. The summed E-state index contributed by atoms with van der Waals surface area (Å²) in [7, 11) is 0. The van der Waals surface area contributed by atoms with E-state index in [-0.39, 0.29) is 0 Å². The quantitative estimate of drug-likeness (QED) is 0.509. The first kappa shape index (κ1) is 13.0. The molecule has 2 aromatic carbocycles. The fourth-order valence-electron chi connectivity index (χ4n) is 1.86. The molecule has 3 aromatic rings.